The van der Waals surface area contributed by atoms with Crippen LogP contribution in [0.4, 0.5) is 0 Å². The third-order valence-electron chi connectivity index (χ3n) is 6.49. The number of hydrogen-bond acceptors (Lipinski definition) is 3. The number of quaternary nitrogens is 1. The number of hydroxylamine groups is 3. The molecule has 4 atom stereocenters. The number of esters is 1. The molecule has 5 rings (SSSR count). The first kappa shape index (κ1) is 16.5. The topological polar surface area (TPSA) is 54.3 Å². The number of fused-ring (bicyclic) bond motifs is 5. The predicted molar refractivity (Wildman–Crippen MR) is 103 cm³/mol. The Balaban J connectivity index is 1.71. The Bertz CT molecular complexity index is 1040. The van der Waals surface area contributed by atoms with E-state index in [1.54, 1.807) is 0 Å². The number of aromatic nitrogens is 1. The van der Waals surface area contributed by atoms with Crippen molar-refractivity contribution >= 4 is 16.9 Å². The van der Waals surface area contributed by atoms with Crippen LogP contribution in [0.3, 0.4) is 0 Å². The highest BCUT2D eigenvalue weighted by molar-refractivity contribution is 5.86. The van der Waals surface area contributed by atoms with Gasteiger partial charge < -0.3 is 19.2 Å². The van der Waals surface area contributed by atoms with Crippen molar-refractivity contribution in [2.45, 2.75) is 18.5 Å². The average molecular weight is 362 g/mol. The van der Waals surface area contributed by atoms with E-state index in [0.717, 1.165) is 23.2 Å². The number of carbonyl (C=O) groups is 1. The molecule has 0 bridgehead atoms. The minimum atomic E-state index is -0.461. The fraction of sp³-hybridized carbons (Fsp3) is 0.318. The minimum Gasteiger partial charge on any atom is -0.632 e. The lowest BCUT2D eigenvalue weighted by Crippen LogP contribution is -2.68. The molecule has 5 nitrogen and oxygen atoms in total. The highest BCUT2D eigenvalue weighted by Crippen LogP contribution is 2.62. The van der Waals surface area contributed by atoms with E-state index in [2.05, 4.69) is 16.7 Å². The summed E-state index contributed by atoms with van der Waals surface area (Å²) in [5.74, 6) is -0.756. The van der Waals surface area contributed by atoms with Crippen LogP contribution in [0.1, 0.15) is 28.9 Å². The Morgan fingerprint density at radius 3 is 2.56 bits per heavy atom. The Morgan fingerprint density at radius 1 is 1.11 bits per heavy atom. The summed E-state index contributed by atoms with van der Waals surface area (Å²) in [7, 11) is 3.41. The maximum absolute atomic E-state index is 14.0. The minimum absolute atomic E-state index is 0.295. The normalized spacial score (nSPS) is 28.9. The van der Waals surface area contributed by atoms with Crippen LogP contribution in [0.5, 0.6) is 0 Å². The summed E-state index contributed by atoms with van der Waals surface area (Å²) >= 11 is 0. The number of hydrogen-bond donors (Lipinski definition) is 0. The average Bonchev–Trinajstić information content (AvgIpc) is 2.97. The van der Waals surface area contributed by atoms with Gasteiger partial charge in [-0.1, -0.05) is 48.5 Å². The van der Waals surface area contributed by atoms with Crippen molar-refractivity contribution in [2.24, 2.45) is 13.0 Å². The van der Waals surface area contributed by atoms with Crippen LogP contribution < -0.4 is 0 Å². The zero-order valence-electron chi connectivity index (χ0n) is 15.5. The Morgan fingerprint density at radius 2 is 1.81 bits per heavy atom. The van der Waals surface area contributed by atoms with Gasteiger partial charge in [-0.25, -0.2) is 0 Å². The van der Waals surface area contributed by atoms with Crippen molar-refractivity contribution in [3.63, 3.8) is 0 Å². The fourth-order valence-corrected chi connectivity index (χ4v) is 5.36. The van der Waals surface area contributed by atoms with Gasteiger partial charge in [-0.15, -0.1) is 0 Å². The van der Waals surface area contributed by atoms with Crippen molar-refractivity contribution in [3.8, 4) is 0 Å². The highest BCUT2D eigenvalue weighted by Gasteiger charge is 2.65. The molecule has 0 amide bonds. The van der Waals surface area contributed by atoms with Gasteiger partial charge in [0.1, 0.15) is 6.04 Å². The molecule has 0 spiro atoms. The van der Waals surface area contributed by atoms with E-state index in [1.165, 1.54) is 18.1 Å². The largest absolute Gasteiger partial charge is 0.632 e. The van der Waals surface area contributed by atoms with Crippen molar-refractivity contribution in [1.29, 1.82) is 0 Å². The van der Waals surface area contributed by atoms with Gasteiger partial charge in [-0.3, -0.25) is 4.79 Å². The number of rotatable bonds is 2. The Hall–Kier alpha value is -2.63. The van der Waals surface area contributed by atoms with Crippen LogP contribution in [0.2, 0.25) is 0 Å². The van der Waals surface area contributed by atoms with Crippen molar-refractivity contribution in [2.75, 3.05) is 13.7 Å². The van der Waals surface area contributed by atoms with Gasteiger partial charge in [0.25, 0.3) is 0 Å². The number of benzene rings is 2. The van der Waals surface area contributed by atoms with Crippen molar-refractivity contribution in [3.05, 3.63) is 76.6 Å². The molecular weight excluding hydrogens is 340 g/mol. The van der Waals surface area contributed by atoms with E-state index >= 15 is 0 Å². The lowest BCUT2D eigenvalue weighted by Gasteiger charge is -2.66. The molecule has 0 N–H and O–H groups in total. The quantitative estimate of drug-likeness (QED) is 0.397. The number of aryl methyl sites for hydroxylation is 1. The SMILES string of the molecule is COC(=O)[C@H]1[C@@H](c2ccccc2)[N+]2([O-])CCc3c(n(C)c4ccccc34)[C@H]12. The molecule has 2 aromatic carbocycles. The standard InChI is InChI=1S/C22H22N2O3/c1-23-17-11-7-6-10-15(17)16-12-13-24(26)20(14-8-4-3-5-9-14)18(22(25)27-2)21(24)19(16)23/h3-11,18,20-21H,12-13H2,1-2H3/t18-,20+,21-,24?/m0/s1. The summed E-state index contributed by atoms with van der Waals surface area (Å²) in [5.41, 5.74) is 4.24. The van der Waals surface area contributed by atoms with Gasteiger partial charge in [-0.05, 0) is 11.6 Å². The molecule has 1 fully saturated rings. The maximum Gasteiger partial charge on any atom is 0.321 e. The van der Waals surface area contributed by atoms with Gasteiger partial charge in [0.15, 0.2) is 12.0 Å². The first-order valence-electron chi connectivity index (χ1n) is 9.35. The van der Waals surface area contributed by atoms with Crippen molar-refractivity contribution < 1.29 is 14.2 Å². The molecule has 3 heterocycles. The molecule has 0 saturated carbocycles. The zero-order valence-corrected chi connectivity index (χ0v) is 15.5. The van der Waals surface area contributed by atoms with E-state index in [0.29, 0.717) is 6.54 Å². The number of carbonyl (C=O) groups excluding carboxylic acids is 1. The number of ether oxygens (including phenoxy) is 1. The third kappa shape index (κ3) is 2.04. The fourth-order valence-electron chi connectivity index (χ4n) is 5.36. The van der Waals surface area contributed by atoms with Crippen LogP contribution >= 0.6 is 0 Å². The Labute approximate surface area is 157 Å². The van der Waals surface area contributed by atoms with Crippen LogP contribution in [-0.2, 0) is 23.0 Å². The summed E-state index contributed by atoms with van der Waals surface area (Å²) in [4.78, 5) is 12.7. The first-order chi connectivity index (χ1) is 13.1. The summed E-state index contributed by atoms with van der Waals surface area (Å²) in [6.45, 7) is 0.485. The van der Waals surface area contributed by atoms with Crippen LogP contribution in [-0.4, -0.2) is 28.8 Å². The smallest absolute Gasteiger partial charge is 0.321 e. The second-order valence-electron chi connectivity index (χ2n) is 7.62. The monoisotopic (exact) mass is 362 g/mol. The van der Waals surface area contributed by atoms with Crippen LogP contribution in [0.25, 0.3) is 10.9 Å². The van der Waals surface area contributed by atoms with Gasteiger partial charge in [-0.2, -0.15) is 0 Å². The number of para-hydroxylation sites is 1. The second kappa shape index (κ2) is 5.68. The summed E-state index contributed by atoms with van der Waals surface area (Å²) in [5, 5.41) is 15.2. The van der Waals surface area contributed by atoms with E-state index in [1.807, 2.05) is 49.5 Å². The van der Waals surface area contributed by atoms with Crippen LogP contribution in [0, 0.1) is 11.1 Å². The molecule has 27 heavy (non-hydrogen) atoms. The van der Waals surface area contributed by atoms with Gasteiger partial charge in [0.2, 0.25) is 0 Å². The highest BCUT2D eigenvalue weighted by atomic mass is 16.6. The van der Waals surface area contributed by atoms with Crippen LogP contribution in [0.15, 0.2) is 54.6 Å². The molecule has 138 valence electrons. The number of methoxy groups -OCH3 is 1. The van der Waals surface area contributed by atoms with Crippen molar-refractivity contribution in [1.82, 2.24) is 4.57 Å². The number of nitrogens with zero attached hydrogens (tertiary/aromatic N) is 2. The first-order valence-corrected chi connectivity index (χ1v) is 9.35. The lowest BCUT2D eigenvalue weighted by molar-refractivity contribution is -0.997. The molecule has 2 aliphatic heterocycles. The van der Waals surface area contributed by atoms with E-state index in [9.17, 15) is 10.0 Å². The molecule has 0 radical (unpaired) electrons. The van der Waals surface area contributed by atoms with E-state index in [-0.39, 0.29) is 10.6 Å². The van der Waals surface area contributed by atoms with E-state index in [4.69, 9.17) is 4.74 Å². The molecule has 1 saturated heterocycles. The lowest BCUT2D eigenvalue weighted by atomic mass is 9.70. The van der Waals surface area contributed by atoms with Gasteiger partial charge in [0.05, 0.1) is 19.3 Å². The summed E-state index contributed by atoms with van der Waals surface area (Å²) < 4.78 is 6.87. The molecule has 1 unspecified atom stereocenters. The zero-order chi connectivity index (χ0) is 18.8. The predicted octanol–water partition coefficient (Wildman–Crippen LogP) is 3.63. The molecule has 3 aromatic rings. The molecule has 1 aromatic heterocycles. The Kier molecular flexibility index (Phi) is 3.48. The third-order valence-corrected chi connectivity index (χ3v) is 6.49. The maximum atomic E-state index is 14.0. The molecule has 0 aliphatic carbocycles. The molecule has 2 aliphatic rings. The summed E-state index contributed by atoms with van der Waals surface area (Å²) in [6, 6.07) is 17.1. The van der Waals surface area contributed by atoms with E-state index < -0.39 is 18.0 Å². The molecular formula is C22H22N2O3. The van der Waals surface area contributed by atoms with Gasteiger partial charge in [0, 0.05) is 29.9 Å². The molecule has 5 heteroatoms. The summed E-state index contributed by atoms with van der Waals surface area (Å²) in [6.07, 6.45) is 0.730. The van der Waals surface area contributed by atoms with Gasteiger partial charge >= 0.3 is 5.97 Å². The second-order valence-corrected chi connectivity index (χ2v) is 7.62.